The lowest BCUT2D eigenvalue weighted by Gasteiger charge is -2.08. The lowest BCUT2D eigenvalue weighted by molar-refractivity contribution is 0.304. The van der Waals surface area contributed by atoms with E-state index in [1.54, 1.807) is 30.3 Å². The van der Waals surface area contributed by atoms with Crippen LogP contribution in [0, 0.1) is 17.1 Å². The Kier molecular flexibility index (Phi) is 4.41. The molecule has 0 N–H and O–H groups in total. The highest BCUT2D eigenvalue weighted by atomic mass is 79.9. The Hall–Kier alpha value is -1.57. The van der Waals surface area contributed by atoms with Crippen LogP contribution in [-0.2, 0) is 6.61 Å². The molecule has 0 bridgehead atoms. The molecular weight excluding hydrogens is 333 g/mol. The number of nitrogens with zero attached hydrogens (tertiary/aromatic N) is 1. The van der Waals surface area contributed by atoms with Gasteiger partial charge in [0.15, 0.2) is 0 Å². The van der Waals surface area contributed by atoms with Gasteiger partial charge in [0.05, 0.1) is 16.1 Å². The largest absolute Gasteiger partial charge is 0.489 e. The molecule has 0 heterocycles. The maximum atomic E-state index is 13.3. The van der Waals surface area contributed by atoms with Gasteiger partial charge in [0, 0.05) is 16.7 Å². The maximum absolute atomic E-state index is 13.3. The van der Waals surface area contributed by atoms with Gasteiger partial charge < -0.3 is 4.74 Å². The first-order valence-corrected chi connectivity index (χ1v) is 6.53. The Labute approximate surface area is 123 Å². The summed E-state index contributed by atoms with van der Waals surface area (Å²) in [6.07, 6.45) is 0. The van der Waals surface area contributed by atoms with Gasteiger partial charge >= 0.3 is 0 Å². The summed E-state index contributed by atoms with van der Waals surface area (Å²) in [4.78, 5) is 0. The van der Waals surface area contributed by atoms with Crippen LogP contribution < -0.4 is 4.74 Å². The second kappa shape index (κ2) is 6.05. The Balaban J connectivity index is 2.10. The number of hydrogen-bond donors (Lipinski definition) is 0. The normalized spacial score (nSPS) is 10.0. The molecule has 2 nitrogen and oxygen atoms in total. The molecule has 0 aliphatic rings. The Bertz CT molecular complexity index is 654. The van der Waals surface area contributed by atoms with Gasteiger partial charge in [0.25, 0.3) is 0 Å². The van der Waals surface area contributed by atoms with E-state index in [1.807, 2.05) is 6.07 Å². The van der Waals surface area contributed by atoms with Gasteiger partial charge in [0.2, 0.25) is 0 Å². The molecule has 0 atom stereocenters. The van der Waals surface area contributed by atoms with Crippen LogP contribution in [0.3, 0.4) is 0 Å². The molecule has 2 aromatic rings. The molecule has 0 saturated carbocycles. The lowest BCUT2D eigenvalue weighted by Crippen LogP contribution is -1.97. The topological polar surface area (TPSA) is 33.0 Å². The molecule has 0 unspecified atom stereocenters. The van der Waals surface area contributed by atoms with Gasteiger partial charge in [0.1, 0.15) is 18.2 Å². The van der Waals surface area contributed by atoms with Crippen LogP contribution in [0.15, 0.2) is 40.9 Å². The number of nitriles is 1. The van der Waals surface area contributed by atoms with Gasteiger partial charge in [-0.1, -0.05) is 17.7 Å². The molecule has 0 aliphatic heterocycles. The minimum atomic E-state index is -0.386. The van der Waals surface area contributed by atoms with Crippen LogP contribution in [0.25, 0.3) is 0 Å². The van der Waals surface area contributed by atoms with Crippen LogP contribution in [0.5, 0.6) is 5.75 Å². The van der Waals surface area contributed by atoms with E-state index in [4.69, 9.17) is 21.6 Å². The van der Waals surface area contributed by atoms with Crippen LogP contribution in [0.2, 0.25) is 5.02 Å². The number of ether oxygens (including phenoxy) is 1. The van der Waals surface area contributed by atoms with E-state index in [2.05, 4.69) is 15.9 Å². The Morgan fingerprint density at radius 3 is 2.68 bits per heavy atom. The van der Waals surface area contributed by atoms with Crippen molar-refractivity contribution in [2.45, 2.75) is 6.61 Å². The van der Waals surface area contributed by atoms with Gasteiger partial charge in [-0.15, -0.1) is 0 Å². The minimum absolute atomic E-state index is 0.214. The zero-order chi connectivity index (χ0) is 13.8. The van der Waals surface area contributed by atoms with Crippen molar-refractivity contribution >= 4 is 27.5 Å². The van der Waals surface area contributed by atoms with Crippen LogP contribution in [0.4, 0.5) is 4.39 Å². The van der Waals surface area contributed by atoms with Crippen molar-refractivity contribution < 1.29 is 9.13 Å². The van der Waals surface area contributed by atoms with Crippen molar-refractivity contribution in [3.63, 3.8) is 0 Å². The maximum Gasteiger partial charge on any atom is 0.141 e. The minimum Gasteiger partial charge on any atom is -0.489 e. The van der Waals surface area contributed by atoms with Crippen LogP contribution in [-0.4, -0.2) is 0 Å². The fourth-order valence-corrected chi connectivity index (χ4v) is 1.94. The highest BCUT2D eigenvalue weighted by Gasteiger charge is 2.05. The third kappa shape index (κ3) is 3.46. The molecular formula is C14H8BrClFNO. The molecule has 0 saturated heterocycles. The number of rotatable bonds is 3. The average molecular weight is 341 g/mol. The number of halogens is 3. The Morgan fingerprint density at radius 1 is 1.26 bits per heavy atom. The first kappa shape index (κ1) is 13.9. The van der Waals surface area contributed by atoms with E-state index in [0.29, 0.717) is 20.8 Å². The predicted octanol–water partition coefficient (Wildman–Crippen LogP) is 4.69. The fourth-order valence-electron chi connectivity index (χ4n) is 1.46. The standard InChI is InChI=1S/C14H8BrClFNO/c15-12-4-3-11(6-14(12)17)19-8-10-2-1-9(7-18)5-13(10)16/h1-6H,8H2. The summed E-state index contributed by atoms with van der Waals surface area (Å²) >= 11 is 9.09. The van der Waals surface area contributed by atoms with Crippen molar-refractivity contribution in [1.82, 2.24) is 0 Å². The fraction of sp³-hybridized carbons (Fsp3) is 0.0714. The molecule has 2 aromatic carbocycles. The quantitative estimate of drug-likeness (QED) is 0.812. The first-order chi connectivity index (χ1) is 9.10. The van der Waals surface area contributed by atoms with Crippen molar-refractivity contribution in [2.75, 3.05) is 0 Å². The molecule has 0 spiro atoms. The highest BCUT2D eigenvalue weighted by molar-refractivity contribution is 9.10. The second-order valence-corrected chi connectivity index (χ2v) is 5.04. The van der Waals surface area contributed by atoms with E-state index in [9.17, 15) is 4.39 Å². The van der Waals surface area contributed by atoms with Crippen LogP contribution >= 0.6 is 27.5 Å². The van der Waals surface area contributed by atoms with Crippen molar-refractivity contribution in [3.05, 3.63) is 62.8 Å². The molecule has 96 valence electrons. The molecule has 2 rings (SSSR count). The lowest BCUT2D eigenvalue weighted by atomic mass is 10.1. The number of benzene rings is 2. The highest BCUT2D eigenvalue weighted by Crippen LogP contribution is 2.23. The third-order valence-corrected chi connectivity index (χ3v) is 3.46. The zero-order valence-corrected chi connectivity index (χ0v) is 12.0. The van der Waals surface area contributed by atoms with Crippen molar-refractivity contribution in [3.8, 4) is 11.8 Å². The summed E-state index contributed by atoms with van der Waals surface area (Å²) in [6.45, 7) is 0.214. The third-order valence-electron chi connectivity index (χ3n) is 2.47. The SMILES string of the molecule is N#Cc1ccc(COc2ccc(Br)c(F)c2)c(Cl)c1. The molecule has 0 amide bonds. The smallest absolute Gasteiger partial charge is 0.141 e. The van der Waals surface area contributed by atoms with Crippen LogP contribution in [0.1, 0.15) is 11.1 Å². The molecule has 0 radical (unpaired) electrons. The van der Waals surface area contributed by atoms with Crippen molar-refractivity contribution in [1.29, 1.82) is 5.26 Å². The van der Waals surface area contributed by atoms with Gasteiger partial charge in [-0.3, -0.25) is 0 Å². The first-order valence-electron chi connectivity index (χ1n) is 5.36. The van der Waals surface area contributed by atoms with E-state index < -0.39 is 0 Å². The van der Waals surface area contributed by atoms with E-state index >= 15 is 0 Å². The summed E-state index contributed by atoms with van der Waals surface area (Å²) in [5.41, 5.74) is 1.23. The van der Waals surface area contributed by atoms with Crippen molar-refractivity contribution in [2.24, 2.45) is 0 Å². The summed E-state index contributed by atoms with van der Waals surface area (Å²) in [7, 11) is 0. The Morgan fingerprint density at radius 2 is 2.05 bits per heavy atom. The van der Waals surface area contributed by atoms with E-state index in [-0.39, 0.29) is 12.4 Å². The second-order valence-electron chi connectivity index (χ2n) is 3.78. The monoisotopic (exact) mass is 339 g/mol. The predicted molar refractivity (Wildman–Crippen MR) is 74.6 cm³/mol. The summed E-state index contributed by atoms with van der Waals surface area (Å²) in [5, 5.41) is 9.19. The summed E-state index contributed by atoms with van der Waals surface area (Å²) in [6, 6.07) is 11.5. The average Bonchev–Trinajstić information content (AvgIpc) is 2.41. The summed E-state index contributed by atoms with van der Waals surface area (Å²) in [5.74, 6) is 0.0320. The number of hydrogen-bond acceptors (Lipinski definition) is 2. The molecule has 0 fully saturated rings. The molecule has 19 heavy (non-hydrogen) atoms. The molecule has 5 heteroatoms. The van der Waals surface area contributed by atoms with Gasteiger partial charge in [-0.2, -0.15) is 5.26 Å². The van der Waals surface area contributed by atoms with E-state index in [1.165, 1.54) is 6.07 Å². The van der Waals surface area contributed by atoms with E-state index in [0.717, 1.165) is 5.56 Å². The molecule has 0 aromatic heterocycles. The zero-order valence-electron chi connectivity index (χ0n) is 9.66. The van der Waals surface area contributed by atoms with Gasteiger partial charge in [-0.25, -0.2) is 4.39 Å². The van der Waals surface area contributed by atoms with Gasteiger partial charge in [-0.05, 0) is 40.2 Å². The molecule has 0 aliphatic carbocycles. The summed E-state index contributed by atoms with van der Waals surface area (Å²) < 4.78 is 19.1.